The van der Waals surface area contributed by atoms with Crippen LogP contribution in [0.2, 0.25) is 10.0 Å². The number of aryl methyl sites for hydroxylation is 2. The van der Waals surface area contributed by atoms with Gasteiger partial charge in [0.25, 0.3) is 5.56 Å². The maximum Gasteiger partial charge on any atom is 0.273 e. The number of rotatable bonds is 5. The van der Waals surface area contributed by atoms with Gasteiger partial charge in [-0.15, -0.1) is 0 Å². The van der Waals surface area contributed by atoms with Crippen molar-refractivity contribution < 1.29 is 9.13 Å². The minimum atomic E-state index is -0.745. The zero-order valence-electron chi connectivity index (χ0n) is 18.2. The number of aromatic nitrogens is 4. The number of nitriles is 1. The molecule has 7 nitrogen and oxygen atoms in total. The van der Waals surface area contributed by atoms with E-state index in [2.05, 4.69) is 21.4 Å². The summed E-state index contributed by atoms with van der Waals surface area (Å²) in [5.41, 5.74) is 1.75. The lowest BCUT2D eigenvalue weighted by Crippen LogP contribution is -2.11. The molecule has 2 aromatic heterocycles. The van der Waals surface area contributed by atoms with Gasteiger partial charge in [-0.25, -0.2) is 9.49 Å². The van der Waals surface area contributed by atoms with Gasteiger partial charge < -0.3 is 4.74 Å². The molecule has 0 bridgehead atoms. The number of hydrogen-bond acceptors (Lipinski definition) is 5. The number of hydrogen-bond donors (Lipinski definition) is 1. The van der Waals surface area contributed by atoms with Gasteiger partial charge in [0, 0.05) is 24.1 Å². The van der Waals surface area contributed by atoms with E-state index in [0.717, 1.165) is 12.8 Å². The SMILES string of the molecule is CCc1n[nH]c(=O)c2c(Cl)cc(-c3cnn(C)c3-c3c(F)c(Cl)cc(OC4CC4)c3C#N)cc12. The second-order valence-corrected chi connectivity index (χ2v) is 8.93. The molecule has 2 aromatic carbocycles. The van der Waals surface area contributed by atoms with Gasteiger partial charge in [-0.1, -0.05) is 30.1 Å². The lowest BCUT2D eigenvalue weighted by molar-refractivity contribution is 0.302. The molecule has 1 N–H and O–H groups in total. The Morgan fingerprint density at radius 2 is 2.06 bits per heavy atom. The topological polar surface area (TPSA) is 96.6 Å². The number of aromatic amines is 1. The van der Waals surface area contributed by atoms with Crippen LogP contribution in [0.1, 0.15) is 31.0 Å². The molecular weight excluding hydrogens is 480 g/mol. The minimum Gasteiger partial charge on any atom is -0.489 e. The Labute approximate surface area is 203 Å². The van der Waals surface area contributed by atoms with Crippen molar-refractivity contribution in [2.45, 2.75) is 32.3 Å². The molecule has 0 atom stereocenters. The summed E-state index contributed by atoms with van der Waals surface area (Å²) in [6.45, 7) is 1.91. The van der Waals surface area contributed by atoms with Gasteiger partial charge in [0.05, 0.1) is 44.7 Å². The van der Waals surface area contributed by atoms with Crippen LogP contribution in [0.4, 0.5) is 4.39 Å². The molecule has 0 amide bonds. The maximum absolute atomic E-state index is 15.5. The number of benzene rings is 2. The third-order valence-electron chi connectivity index (χ3n) is 5.86. The van der Waals surface area contributed by atoms with Gasteiger partial charge in [0.15, 0.2) is 5.82 Å². The van der Waals surface area contributed by atoms with Crippen LogP contribution in [-0.2, 0) is 13.5 Å². The molecule has 0 unspecified atom stereocenters. The second kappa shape index (κ2) is 8.42. The third-order valence-corrected chi connectivity index (χ3v) is 6.43. The summed E-state index contributed by atoms with van der Waals surface area (Å²) < 4.78 is 22.8. The molecule has 0 radical (unpaired) electrons. The highest BCUT2D eigenvalue weighted by Crippen LogP contribution is 2.43. The van der Waals surface area contributed by atoms with Crippen LogP contribution in [-0.4, -0.2) is 26.1 Å². The van der Waals surface area contributed by atoms with Crippen molar-refractivity contribution in [1.82, 2.24) is 20.0 Å². The molecule has 2 heterocycles. The van der Waals surface area contributed by atoms with Gasteiger partial charge >= 0.3 is 0 Å². The van der Waals surface area contributed by atoms with E-state index >= 15 is 4.39 Å². The fraction of sp³-hybridized carbons (Fsp3) is 0.250. The smallest absolute Gasteiger partial charge is 0.273 e. The molecule has 1 saturated carbocycles. The van der Waals surface area contributed by atoms with Crippen molar-refractivity contribution in [3.63, 3.8) is 0 Å². The van der Waals surface area contributed by atoms with E-state index < -0.39 is 11.4 Å². The first-order valence-electron chi connectivity index (χ1n) is 10.7. The molecular formula is C24H18Cl2FN5O2. The molecule has 0 spiro atoms. The van der Waals surface area contributed by atoms with Crippen LogP contribution in [0.5, 0.6) is 5.75 Å². The summed E-state index contributed by atoms with van der Waals surface area (Å²) in [6.07, 6.45) is 3.85. The first-order valence-corrected chi connectivity index (χ1v) is 11.4. The number of nitrogens with zero attached hydrogens (tertiary/aromatic N) is 4. The quantitative estimate of drug-likeness (QED) is 0.397. The van der Waals surface area contributed by atoms with Crippen LogP contribution in [0.3, 0.4) is 0 Å². The predicted molar refractivity (Wildman–Crippen MR) is 128 cm³/mol. The molecule has 4 aromatic rings. The molecule has 5 rings (SSSR count). The number of H-pyrrole nitrogens is 1. The van der Waals surface area contributed by atoms with E-state index in [9.17, 15) is 10.1 Å². The van der Waals surface area contributed by atoms with Crippen molar-refractivity contribution in [1.29, 1.82) is 5.26 Å². The summed E-state index contributed by atoms with van der Waals surface area (Å²) in [5.74, 6) is -0.510. The molecule has 34 heavy (non-hydrogen) atoms. The Bertz CT molecular complexity index is 1570. The van der Waals surface area contributed by atoms with Crippen molar-refractivity contribution in [2.24, 2.45) is 7.05 Å². The van der Waals surface area contributed by atoms with Crippen molar-refractivity contribution in [2.75, 3.05) is 0 Å². The highest BCUT2D eigenvalue weighted by molar-refractivity contribution is 6.36. The Balaban J connectivity index is 1.79. The minimum absolute atomic E-state index is 0.00313. The summed E-state index contributed by atoms with van der Waals surface area (Å²) >= 11 is 12.7. The Kier molecular flexibility index (Phi) is 5.54. The zero-order valence-corrected chi connectivity index (χ0v) is 19.8. The Morgan fingerprint density at radius 3 is 2.74 bits per heavy atom. The highest BCUT2D eigenvalue weighted by atomic mass is 35.5. The average molecular weight is 498 g/mol. The van der Waals surface area contributed by atoms with Crippen LogP contribution in [0, 0.1) is 17.1 Å². The lowest BCUT2D eigenvalue weighted by Gasteiger charge is -2.15. The summed E-state index contributed by atoms with van der Waals surface area (Å²) in [7, 11) is 1.65. The lowest BCUT2D eigenvalue weighted by atomic mass is 9.95. The largest absolute Gasteiger partial charge is 0.489 e. The van der Waals surface area contributed by atoms with Crippen molar-refractivity contribution in [3.05, 3.63) is 61.9 Å². The van der Waals surface area contributed by atoms with Gasteiger partial charge in [-0.2, -0.15) is 15.5 Å². The Morgan fingerprint density at radius 1 is 1.29 bits per heavy atom. The summed E-state index contributed by atoms with van der Waals surface area (Å²) in [4.78, 5) is 12.4. The average Bonchev–Trinajstić information content (AvgIpc) is 3.55. The van der Waals surface area contributed by atoms with E-state index in [1.165, 1.54) is 10.7 Å². The zero-order chi connectivity index (χ0) is 24.1. The summed E-state index contributed by atoms with van der Waals surface area (Å²) in [5, 5.41) is 21.9. The molecule has 1 fully saturated rings. The number of fused-ring (bicyclic) bond motifs is 1. The van der Waals surface area contributed by atoms with Gasteiger partial charge in [-0.05, 0) is 37.0 Å². The van der Waals surface area contributed by atoms with Crippen molar-refractivity contribution in [3.8, 4) is 34.2 Å². The molecule has 0 aliphatic heterocycles. The molecule has 1 aliphatic carbocycles. The number of ether oxygens (including phenoxy) is 1. The first-order chi connectivity index (χ1) is 16.3. The van der Waals surface area contributed by atoms with Crippen LogP contribution in [0.15, 0.2) is 29.2 Å². The van der Waals surface area contributed by atoms with E-state index in [-0.39, 0.29) is 33.0 Å². The fourth-order valence-corrected chi connectivity index (χ4v) is 4.56. The molecule has 0 saturated heterocycles. The van der Waals surface area contributed by atoms with Crippen LogP contribution < -0.4 is 10.3 Å². The van der Waals surface area contributed by atoms with Crippen molar-refractivity contribution >= 4 is 34.0 Å². The number of nitrogens with one attached hydrogen (secondary N) is 1. The summed E-state index contributed by atoms with van der Waals surface area (Å²) in [6, 6.07) is 6.82. The fourth-order valence-electron chi connectivity index (χ4n) is 4.06. The highest BCUT2D eigenvalue weighted by Gasteiger charge is 2.30. The van der Waals surface area contributed by atoms with E-state index in [1.54, 1.807) is 25.4 Å². The van der Waals surface area contributed by atoms with Crippen LogP contribution >= 0.6 is 23.2 Å². The molecule has 1 aliphatic rings. The van der Waals surface area contributed by atoms with Gasteiger partial charge in [0.1, 0.15) is 17.4 Å². The predicted octanol–water partition coefficient (Wildman–Crippen LogP) is 5.41. The maximum atomic E-state index is 15.5. The van der Waals surface area contributed by atoms with E-state index in [0.29, 0.717) is 39.7 Å². The second-order valence-electron chi connectivity index (χ2n) is 8.11. The standard InChI is InChI=1S/C24H18Cl2FN5O2/c1-3-18-13-6-11(7-16(25)20(13)24(33)31-30-18)15-10-29-32(2)23(15)21-14(9-28)19(34-12-4-5-12)8-17(26)22(21)27/h6-8,10,12H,3-5H2,1-2H3,(H,31,33). The van der Waals surface area contributed by atoms with Crippen LogP contribution in [0.25, 0.3) is 33.2 Å². The van der Waals surface area contributed by atoms with E-state index in [1.807, 2.05) is 6.92 Å². The molecule has 172 valence electrons. The van der Waals surface area contributed by atoms with Gasteiger partial charge in [0.2, 0.25) is 0 Å². The Hall–Kier alpha value is -3.41. The first kappa shape index (κ1) is 22.4. The number of halogens is 3. The molecule has 10 heteroatoms. The monoisotopic (exact) mass is 497 g/mol. The third kappa shape index (κ3) is 3.61. The van der Waals surface area contributed by atoms with Gasteiger partial charge in [-0.3, -0.25) is 9.48 Å². The normalized spacial score (nSPS) is 13.3. The van der Waals surface area contributed by atoms with E-state index in [4.69, 9.17) is 27.9 Å².